The van der Waals surface area contributed by atoms with Gasteiger partial charge in [-0.05, 0) is 61.6 Å². The number of halogens is 3. The number of fused-ring (bicyclic) bond motifs is 1. The van der Waals surface area contributed by atoms with Crippen molar-refractivity contribution < 1.29 is 18.0 Å². The Balaban J connectivity index is 1.75. The van der Waals surface area contributed by atoms with Crippen LogP contribution in [0.3, 0.4) is 0 Å². The van der Waals surface area contributed by atoms with Crippen LogP contribution >= 0.6 is 0 Å². The second-order valence-electron chi connectivity index (χ2n) is 8.31. The molecule has 3 heterocycles. The number of hydrogen-bond donors (Lipinski definition) is 2. The fourth-order valence-electron chi connectivity index (χ4n) is 3.64. The van der Waals surface area contributed by atoms with Gasteiger partial charge in [0.2, 0.25) is 5.91 Å². The summed E-state index contributed by atoms with van der Waals surface area (Å²) in [6.45, 7) is 0.513. The average molecular weight is 490 g/mol. The van der Waals surface area contributed by atoms with E-state index in [1.165, 1.54) is 24.5 Å². The number of aromatic nitrogens is 3. The second-order valence-corrected chi connectivity index (χ2v) is 8.31. The van der Waals surface area contributed by atoms with Crippen LogP contribution < -0.4 is 5.32 Å². The number of rotatable bonds is 6. The van der Waals surface area contributed by atoms with E-state index in [1.54, 1.807) is 30.5 Å². The van der Waals surface area contributed by atoms with Gasteiger partial charge in [-0.15, -0.1) is 0 Å². The van der Waals surface area contributed by atoms with Gasteiger partial charge in [-0.3, -0.25) is 4.79 Å². The van der Waals surface area contributed by atoms with Crippen molar-refractivity contribution in [3.05, 3.63) is 78.4 Å². The second kappa shape index (κ2) is 10.0. The number of nitrogens with zero attached hydrogens (tertiary/aromatic N) is 4. The van der Waals surface area contributed by atoms with E-state index in [0.717, 1.165) is 17.7 Å². The van der Waals surface area contributed by atoms with Gasteiger partial charge in [0.25, 0.3) is 0 Å². The Bertz CT molecular complexity index is 1500. The van der Waals surface area contributed by atoms with Crippen molar-refractivity contribution in [2.75, 3.05) is 26.0 Å². The van der Waals surface area contributed by atoms with E-state index in [2.05, 4.69) is 20.3 Å². The molecule has 2 N–H and O–H groups in total. The molecule has 0 fully saturated rings. The molecule has 1 aromatic carbocycles. The molecule has 1 amide bonds. The van der Waals surface area contributed by atoms with Gasteiger partial charge in [-0.25, -0.2) is 9.97 Å². The number of H-pyrrole nitrogens is 1. The van der Waals surface area contributed by atoms with Gasteiger partial charge in [0.1, 0.15) is 17.4 Å². The topological polar surface area (TPSA) is 97.7 Å². The summed E-state index contributed by atoms with van der Waals surface area (Å²) in [7, 11) is 3.67. The molecule has 0 spiro atoms. The zero-order chi connectivity index (χ0) is 25.9. The first kappa shape index (κ1) is 24.6. The molecule has 0 aliphatic rings. The summed E-state index contributed by atoms with van der Waals surface area (Å²) in [6, 6.07) is 10.5. The van der Waals surface area contributed by atoms with E-state index in [-0.39, 0.29) is 16.9 Å². The minimum absolute atomic E-state index is 0.0153. The summed E-state index contributed by atoms with van der Waals surface area (Å²) in [5.41, 5.74) is 2.02. The molecule has 3 aromatic heterocycles. The van der Waals surface area contributed by atoms with E-state index in [4.69, 9.17) is 5.26 Å². The maximum absolute atomic E-state index is 13.7. The molecule has 10 heteroatoms. The predicted octanol–water partition coefficient (Wildman–Crippen LogP) is 5.24. The van der Waals surface area contributed by atoms with Gasteiger partial charge >= 0.3 is 6.18 Å². The fourth-order valence-corrected chi connectivity index (χ4v) is 3.64. The van der Waals surface area contributed by atoms with Gasteiger partial charge in [0, 0.05) is 53.4 Å². The maximum Gasteiger partial charge on any atom is 0.416 e. The number of nitriles is 1. The minimum Gasteiger partial charge on any atom is -0.346 e. The van der Waals surface area contributed by atoms with Crippen molar-refractivity contribution in [1.29, 1.82) is 5.26 Å². The van der Waals surface area contributed by atoms with Crippen LogP contribution in [-0.2, 0) is 11.0 Å². The molecular formula is C26H21F3N6O. The monoisotopic (exact) mass is 490 g/mol. The highest BCUT2D eigenvalue weighted by Gasteiger charge is 2.31. The van der Waals surface area contributed by atoms with Gasteiger partial charge in [-0.2, -0.15) is 18.4 Å². The number of hydrogen-bond acceptors (Lipinski definition) is 5. The highest BCUT2D eigenvalue weighted by atomic mass is 19.4. The van der Waals surface area contributed by atoms with E-state index >= 15 is 0 Å². The summed E-state index contributed by atoms with van der Waals surface area (Å²) in [6.07, 6.45) is 2.98. The van der Waals surface area contributed by atoms with Crippen molar-refractivity contribution in [3.63, 3.8) is 0 Å². The van der Waals surface area contributed by atoms with Crippen LogP contribution in [-0.4, -0.2) is 46.4 Å². The van der Waals surface area contributed by atoms with Crippen LogP contribution in [0.25, 0.3) is 33.3 Å². The highest BCUT2D eigenvalue weighted by Crippen LogP contribution is 2.36. The molecule has 0 aliphatic carbocycles. The van der Waals surface area contributed by atoms with Crippen LogP contribution in [0, 0.1) is 11.3 Å². The molecule has 36 heavy (non-hydrogen) atoms. The molecule has 0 saturated carbocycles. The number of carbonyl (C=O) groups excluding carboxylic acids is 1. The molecule has 0 saturated heterocycles. The van der Waals surface area contributed by atoms with E-state index in [9.17, 15) is 18.0 Å². The SMILES string of the molecule is CN(C)C/C=C/C(=O)Nc1cc(-c2cnc3[nH]cc(-c4ccnc(C#N)c4)c3c2)cc(C(F)(F)F)c1. The lowest BCUT2D eigenvalue weighted by molar-refractivity contribution is -0.137. The van der Waals surface area contributed by atoms with Crippen molar-refractivity contribution in [2.24, 2.45) is 0 Å². The molecular weight excluding hydrogens is 469 g/mol. The maximum atomic E-state index is 13.7. The first-order valence-corrected chi connectivity index (χ1v) is 10.8. The van der Waals surface area contributed by atoms with Gasteiger partial charge in [0.15, 0.2) is 0 Å². The van der Waals surface area contributed by atoms with Gasteiger partial charge in [-0.1, -0.05) is 6.08 Å². The number of likely N-dealkylation sites (N-methyl/N-ethyl adjacent to an activating group) is 1. The number of anilines is 1. The summed E-state index contributed by atoms with van der Waals surface area (Å²) < 4.78 is 41.0. The van der Waals surface area contributed by atoms with Crippen LogP contribution in [0.2, 0.25) is 0 Å². The lowest BCUT2D eigenvalue weighted by atomic mass is 10.00. The Morgan fingerprint density at radius 2 is 1.94 bits per heavy atom. The zero-order valence-corrected chi connectivity index (χ0v) is 19.4. The van der Waals surface area contributed by atoms with Gasteiger partial charge < -0.3 is 15.2 Å². The summed E-state index contributed by atoms with van der Waals surface area (Å²) >= 11 is 0. The van der Waals surface area contributed by atoms with Gasteiger partial charge in [0.05, 0.1) is 5.56 Å². The van der Waals surface area contributed by atoms with E-state index in [1.807, 2.05) is 25.1 Å². The average Bonchev–Trinajstić information content (AvgIpc) is 3.26. The summed E-state index contributed by atoms with van der Waals surface area (Å²) in [4.78, 5) is 25.5. The first-order valence-electron chi connectivity index (χ1n) is 10.8. The number of pyridine rings is 2. The fraction of sp³-hybridized carbons (Fsp3) is 0.154. The third-order valence-corrected chi connectivity index (χ3v) is 5.32. The van der Waals surface area contributed by atoms with E-state index in [0.29, 0.717) is 28.7 Å². The Hall–Kier alpha value is -4.49. The minimum atomic E-state index is -4.61. The number of amides is 1. The summed E-state index contributed by atoms with van der Waals surface area (Å²) in [5, 5.41) is 12.3. The molecule has 182 valence electrons. The smallest absolute Gasteiger partial charge is 0.346 e. The molecule has 0 unspecified atom stereocenters. The normalized spacial score (nSPS) is 11.8. The molecule has 0 radical (unpaired) electrons. The van der Waals surface area contributed by atoms with Crippen molar-refractivity contribution in [2.45, 2.75) is 6.18 Å². The van der Waals surface area contributed by atoms with Crippen molar-refractivity contribution in [3.8, 4) is 28.3 Å². The number of nitrogens with one attached hydrogen (secondary N) is 2. The Morgan fingerprint density at radius 1 is 1.14 bits per heavy atom. The van der Waals surface area contributed by atoms with Crippen molar-refractivity contribution in [1.82, 2.24) is 19.9 Å². The lowest BCUT2D eigenvalue weighted by Gasteiger charge is -2.13. The number of benzene rings is 1. The quantitative estimate of drug-likeness (QED) is 0.360. The molecule has 0 bridgehead atoms. The third-order valence-electron chi connectivity index (χ3n) is 5.32. The van der Waals surface area contributed by atoms with Crippen LogP contribution in [0.15, 0.2) is 67.1 Å². The third kappa shape index (κ3) is 5.59. The Kier molecular flexibility index (Phi) is 6.85. The first-order chi connectivity index (χ1) is 17.1. The zero-order valence-electron chi connectivity index (χ0n) is 19.4. The van der Waals surface area contributed by atoms with Crippen LogP contribution in [0.1, 0.15) is 11.3 Å². The highest BCUT2D eigenvalue weighted by molar-refractivity contribution is 6.00. The number of alkyl halides is 3. The molecule has 0 atom stereocenters. The number of carbonyl (C=O) groups is 1. The Morgan fingerprint density at radius 3 is 2.67 bits per heavy atom. The Labute approximate surface area is 204 Å². The number of aromatic amines is 1. The summed E-state index contributed by atoms with van der Waals surface area (Å²) in [5.74, 6) is -0.533. The predicted molar refractivity (Wildman–Crippen MR) is 131 cm³/mol. The van der Waals surface area contributed by atoms with Crippen LogP contribution in [0.4, 0.5) is 18.9 Å². The van der Waals surface area contributed by atoms with Crippen molar-refractivity contribution >= 4 is 22.6 Å². The van der Waals surface area contributed by atoms with Crippen LogP contribution in [0.5, 0.6) is 0 Å². The standard InChI is InChI=1S/C26H21F3N6O/c1-35(2)7-3-4-24(36)34-20-10-17(8-19(12-20)26(27,28)29)18-11-22-23(15-33-25(22)32-14-18)16-5-6-31-21(9-16)13-30/h3-6,8-12,14-15H,7H2,1-2H3,(H,32,33)(H,34,36)/b4-3+. The molecule has 4 rings (SSSR count). The molecule has 4 aromatic rings. The lowest BCUT2D eigenvalue weighted by Crippen LogP contribution is -2.13. The molecule has 0 aliphatic heterocycles. The van der Waals surface area contributed by atoms with E-state index < -0.39 is 17.6 Å². The molecule has 7 nitrogen and oxygen atoms in total. The largest absolute Gasteiger partial charge is 0.416 e.